The summed E-state index contributed by atoms with van der Waals surface area (Å²) in [6.45, 7) is 1.23. The molecule has 1 fully saturated rings. The van der Waals surface area contributed by atoms with Crippen molar-refractivity contribution in [1.29, 1.82) is 0 Å². The van der Waals surface area contributed by atoms with Gasteiger partial charge in [-0.15, -0.1) is 0 Å². The number of carboxylic acid groups (broad SMARTS) is 1. The third-order valence-electron chi connectivity index (χ3n) is 3.52. The van der Waals surface area contributed by atoms with Gasteiger partial charge in [-0.3, -0.25) is 0 Å². The van der Waals surface area contributed by atoms with Crippen LogP contribution in [0, 0.1) is 0 Å². The van der Waals surface area contributed by atoms with Crippen LogP contribution in [0.4, 0.5) is 0 Å². The Morgan fingerprint density at radius 1 is 1.30 bits per heavy atom. The number of hydrogen-bond donors (Lipinski definition) is 1. The number of carboxylic acids is 1. The molecule has 0 aliphatic carbocycles. The molecule has 1 N–H and O–H groups in total. The van der Waals surface area contributed by atoms with Crippen LogP contribution < -0.4 is 0 Å². The SMILES string of the molecule is O=C(O)c1c(C2CCCOC2)noc1-c1ccccc1. The lowest BCUT2D eigenvalue weighted by atomic mass is 9.94. The summed E-state index contributed by atoms with van der Waals surface area (Å²) in [4.78, 5) is 11.6. The molecule has 3 rings (SSSR count). The predicted molar refractivity (Wildman–Crippen MR) is 71.7 cm³/mol. The summed E-state index contributed by atoms with van der Waals surface area (Å²) in [5.41, 5.74) is 1.38. The number of benzene rings is 1. The molecule has 1 aliphatic rings. The summed E-state index contributed by atoms with van der Waals surface area (Å²) in [5.74, 6) is -0.694. The van der Waals surface area contributed by atoms with E-state index in [-0.39, 0.29) is 11.5 Å². The Morgan fingerprint density at radius 3 is 2.75 bits per heavy atom. The lowest BCUT2D eigenvalue weighted by Gasteiger charge is -2.20. The second kappa shape index (κ2) is 5.46. The minimum absolute atomic E-state index is 0.00365. The normalized spacial score (nSPS) is 18.9. The Hall–Kier alpha value is -2.14. The van der Waals surface area contributed by atoms with Crippen LogP contribution >= 0.6 is 0 Å². The molecule has 20 heavy (non-hydrogen) atoms. The fourth-order valence-corrected chi connectivity index (χ4v) is 2.53. The van der Waals surface area contributed by atoms with Crippen LogP contribution in [0.15, 0.2) is 34.9 Å². The highest BCUT2D eigenvalue weighted by Gasteiger charge is 2.30. The van der Waals surface area contributed by atoms with Crippen molar-refractivity contribution in [2.75, 3.05) is 13.2 Å². The molecular weight excluding hydrogens is 258 g/mol. The van der Waals surface area contributed by atoms with Crippen molar-refractivity contribution in [2.24, 2.45) is 0 Å². The van der Waals surface area contributed by atoms with Crippen molar-refractivity contribution in [3.05, 3.63) is 41.6 Å². The van der Waals surface area contributed by atoms with Crippen molar-refractivity contribution < 1.29 is 19.2 Å². The molecule has 0 radical (unpaired) electrons. The lowest BCUT2D eigenvalue weighted by Crippen LogP contribution is -2.18. The molecule has 1 unspecified atom stereocenters. The molecule has 2 heterocycles. The predicted octanol–water partition coefficient (Wildman–Crippen LogP) is 2.93. The van der Waals surface area contributed by atoms with Crippen molar-refractivity contribution in [2.45, 2.75) is 18.8 Å². The summed E-state index contributed by atoms with van der Waals surface area (Å²) in [7, 11) is 0. The Bertz CT molecular complexity index is 600. The number of aromatic carboxylic acids is 1. The second-order valence-corrected chi connectivity index (χ2v) is 4.86. The summed E-state index contributed by atoms with van der Waals surface area (Å²) < 4.78 is 10.7. The van der Waals surface area contributed by atoms with Crippen LogP contribution in [0.3, 0.4) is 0 Å². The minimum atomic E-state index is -1.01. The van der Waals surface area contributed by atoms with Gasteiger partial charge < -0.3 is 14.4 Å². The first-order valence-corrected chi connectivity index (χ1v) is 6.63. The van der Waals surface area contributed by atoms with Crippen LogP contribution in [0.25, 0.3) is 11.3 Å². The fourth-order valence-electron chi connectivity index (χ4n) is 2.53. The molecule has 0 bridgehead atoms. The van der Waals surface area contributed by atoms with E-state index in [1.54, 1.807) is 0 Å². The zero-order chi connectivity index (χ0) is 13.9. The highest BCUT2D eigenvalue weighted by molar-refractivity contribution is 5.95. The molecule has 1 aliphatic heterocycles. The van der Waals surface area contributed by atoms with E-state index in [1.807, 2.05) is 30.3 Å². The third kappa shape index (κ3) is 2.32. The number of rotatable bonds is 3. The van der Waals surface area contributed by atoms with E-state index in [2.05, 4.69) is 5.16 Å². The molecule has 1 atom stereocenters. The van der Waals surface area contributed by atoms with E-state index >= 15 is 0 Å². The standard InChI is InChI=1S/C15H15NO4/c17-15(18)12-13(11-7-4-8-19-9-11)16-20-14(12)10-5-2-1-3-6-10/h1-3,5-6,11H,4,7-9H2,(H,17,18). The van der Waals surface area contributed by atoms with Crippen LogP contribution in [-0.4, -0.2) is 29.4 Å². The van der Waals surface area contributed by atoms with Gasteiger partial charge >= 0.3 is 5.97 Å². The molecule has 0 saturated carbocycles. The Kier molecular flexibility index (Phi) is 3.52. The van der Waals surface area contributed by atoms with Gasteiger partial charge in [0.2, 0.25) is 0 Å². The molecule has 0 amide bonds. The monoisotopic (exact) mass is 273 g/mol. The van der Waals surface area contributed by atoms with E-state index in [0.717, 1.165) is 25.0 Å². The lowest BCUT2D eigenvalue weighted by molar-refractivity contribution is 0.0680. The molecule has 2 aromatic rings. The van der Waals surface area contributed by atoms with E-state index in [4.69, 9.17) is 9.26 Å². The van der Waals surface area contributed by atoms with Crippen molar-refractivity contribution >= 4 is 5.97 Å². The first kappa shape index (κ1) is 12.9. The maximum Gasteiger partial charge on any atom is 0.341 e. The molecule has 104 valence electrons. The zero-order valence-corrected chi connectivity index (χ0v) is 10.9. The summed E-state index contributed by atoms with van der Waals surface area (Å²) in [6.07, 6.45) is 1.79. The summed E-state index contributed by atoms with van der Waals surface area (Å²) in [6, 6.07) is 9.18. The number of nitrogens with zero attached hydrogens (tertiary/aromatic N) is 1. The maximum absolute atomic E-state index is 11.6. The van der Waals surface area contributed by atoms with Gasteiger partial charge in [0.1, 0.15) is 11.3 Å². The van der Waals surface area contributed by atoms with Crippen LogP contribution in [0.5, 0.6) is 0 Å². The Balaban J connectivity index is 2.04. The number of aromatic nitrogens is 1. The van der Waals surface area contributed by atoms with Crippen LogP contribution in [0.2, 0.25) is 0 Å². The maximum atomic E-state index is 11.6. The quantitative estimate of drug-likeness (QED) is 0.930. The molecule has 1 aromatic heterocycles. The fraction of sp³-hybridized carbons (Fsp3) is 0.333. The van der Waals surface area contributed by atoms with Gasteiger partial charge in [0.15, 0.2) is 5.76 Å². The van der Waals surface area contributed by atoms with Crippen LogP contribution in [0.1, 0.15) is 34.8 Å². The van der Waals surface area contributed by atoms with E-state index < -0.39 is 5.97 Å². The van der Waals surface area contributed by atoms with Gasteiger partial charge in [0.25, 0.3) is 0 Å². The molecule has 1 aromatic carbocycles. The third-order valence-corrected chi connectivity index (χ3v) is 3.52. The Morgan fingerprint density at radius 2 is 2.10 bits per heavy atom. The van der Waals surface area contributed by atoms with Crippen LogP contribution in [-0.2, 0) is 4.74 Å². The summed E-state index contributed by atoms with van der Waals surface area (Å²) in [5, 5.41) is 13.5. The van der Waals surface area contributed by atoms with Crippen molar-refractivity contribution in [3.63, 3.8) is 0 Å². The van der Waals surface area contributed by atoms with Gasteiger partial charge in [0.05, 0.1) is 6.61 Å². The molecule has 5 nitrogen and oxygen atoms in total. The van der Waals surface area contributed by atoms with Crippen molar-refractivity contribution in [3.8, 4) is 11.3 Å². The molecule has 1 saturated heterocycles. The summed E-state index contributed by atoms with van der Waals surface area (Å²) >= 11 is 0. The van der Waals surface area contributed by atoms with Gasteiger partial charge in [0, 0.05) is 18.1 Å². The topological polar surface area (TPSA) is 72.6 Å². The number of ether oxygens (including phenoxy) is 1. The molecular formula is C15H15NO4. The van der Waals surface area contributed by atoms with Gasteiger partial charge in [-0.1, -0.05) is 35.5 Å². The second-order valence-electron chi connectivity index (χ2n) is 4.86. The van der Waals surface area contributed by atoms with E-state index in [9.17, 15) is 9.90 Å². The molecule has 0 spiro atoms. The average molecular weight is 273 g/mol. The largest absolute Gasteiger partial charge is 0.477 e. The highest BCUT2D eigenvalue weighted by Crippen LogP contribution is 2.33. The van der Waals surface area contributed by atoms with E-state index in [1.165, 1.54) is 0 Å². The number of hydrogen-bond acceptors (Lipinski definition) is 4. The number of carbonyl (C=O) groups is 1. The van der Waals surface area contributed by atoms with Gasteiger partial charge in [-0.25, -0.2) is 4.79 Å². The molecule has 5 heteroatoms. The van der Waals surface area contributed by atoms with E-state index in [0.29, 0.717) is 18.1 Å². The highest BCUT2D eigenvalue weighted by atomic mass is 16.5. The first-order chi connectivity index (χ1) is 9.77. The van der Waals surface area contributed by atoms with Crippen molar-refractivity contribution in [1.82, 2.24) is 5.16 Å². The van der Waals surface area contributed by atoms with Gasteiger partial charge in [-0.2, -0.15) is 0 Å². The smallest absolute Gasteiger partial charge is 0.341 e. The zero-order valence-electron chi connectivity index (χ0n) is 10.9. The average Bonchev–Trinajstić information content (AvgIpc) is 2.94. The van der Waals surface area contributed by atoms with Gasteiger partial charge in [-0.05, 0) is 12.8 Å². The first-order valence-electron chi connectivity index (χ1n) is 6.63. The minimum Gasteiger partial charge on any atom is -0.477 e. The Labute approximate surface area is 116 Å².